The zero-order chi connectivity index (χ0) is 16.2. The Morgan fingerprint density at radius 2 is 1.96 bits per heavy atom. The van der Waals surface area contributed by atoms with Gasteiger partial charge in [-0.15, -0.1) is 10.2 Å². The molecule has 0 fully saturated rings. The molecule has 4 nitrogen and oxygen atoms in total. The van der Waals surface area contributed by atoms with Crippen molar-refractivity contribution in [1.29, 1.82) is 0 Å². The van der Waals surface area contributed by atoms with Crippen LogP contribution in [0.5, 0.6) is 0 Å². The summed E-state index contributed by atoms with van der Waals surface area (Å²) in [7, 11) is 0. The normalized spacial score (nSPS) is 10.7. The molecule has 0 aliphatic heterocycles. The molecule has 0 aliphatic carbocycles. The van der Waals surface area contributed by atoms with Gasteiger partial charge in [-0.05, 0) is 31.2 Å². The van der Waals surface area contributed by atoms with Gasteiger partial charge in [-0.2, -0.15) is 0 Å². The van der Waals surface area contributed by atoms with E-state index in [2.05, 4.69) is 26.1 Å². The van der Waals surface area contributed by atoms with E-state index in [0.29, 0.717) is 16.7 Å². The number of aryl methyl sites for hydroxylation is 1. The summed E-state index contributed by atoms with van der Waals surface area (Å²) in [5, 5.41) is 8.42. The summed E-state index contributed by atoms with van der Waals surface area (Å²) in [4.78, 5) is 12.1. The van der Waals surface area contributed by atoms with Crippen molar-refractivity contribution in [2.24, 2.45) is 0 Å². The first-order chi connectivity index (χ1) is 11.1. The van der Waals surface area contributed by atoms with Gasteiger partial charge in [0.25, 0.3) is 5.22 Å². The predicted molar refractivity (Wildman–Crippen MR) is 93.7 cm³/mol. The average molecular weight is 389 g/mol. The molecule has 2 aromatic carbocycles. The molecule has 23 heavy (non-hydrogen) atoms. The monoisotopic (exact) mass is 388 g/mol. The lowest BCUT2D eigenvalue weighted by Gasteiger charge is -1.99. The largest absolute Gasteiger partial charge is 0.411 e. The van der Waals surface area contributed by atoms with Gasteiger partial charge in [0.1, 0.15) is 0 Å². The van der Waals surface area contributed by atoms with Gasteiger partial charge in [-0.25, -0.2) is 0 Å². The number of hydrogen-bond acceptors (Lipinski definition) is 5. The number of carbonyl (C=O) groups excluding carboxylic acids is 1. The molecule has 0 atom stereocenters. The van der Waals surface area contributed by atoms with E-state index in [1.165, 1.54) is 11.8 Å². The molecule has 1 heterocycles. The fourth-order valence-electron chi connectivity index (χ4n) is 2.01. The Balaban J connectivity index is 1.65. The number of benzene rings is 2. The number of carbonyl (C=O) groups is 1. The van der Waals surface area contributed by atoms with Crippen molar-refractivity contribution < 1.29 is 9.21 Å². The number of hydrogen-bond donors (Lipinski definition) is 0. The first-order valence-corrected chi connectivity index (χ1v) is 8.72. The van der Waals surface area contributed by atoms with Crippen LogP contribution in [0.15, 0.2) is 62.6 Å². The summed E-state index contributed by atoms with van der Waals surface area (Å²) in [5.74, 6) is 0.752. The van der Waals surface area contributed by atoms with Gasteiger partial charge in [0.15, 0.2) is 5.78 Å². The molecule has 116 valence electrons. The number of nitrogens with zero attached hydrogens (tertiary/aromatic N) is 2. The topological polar surface area (TPSA) is 56.0 Å². The highest BCUT2D eigenvalue weighted by atomic mass is 79.9. The van der Waals surface area contributed by atoms with E-state index in [1.54, 1.807) is 12.1 Å². The molecule has 0 saturated carbocycles. The molecular formula is C17H13BrN2O2S. The molecule has 0 radical (unpaired) electrons. The van der Waals surface area contributed by atoms with Crippen molar-refractivity contribution in [2.45, 2.75) is 12.1 Å². The minimum atomic E-state index is 0.0257. The van der Waals surface area contributed by atoms with Gasteiger partial charge in [-0.3, -0.25) is 4.79 Å². The Labute approximate surface area is 146 Å². The molecule has 3 aromatic rings. The van der Waals surface area contributed by atoms with Gasteiger partial charge in [0, 0.05) is 15.6 Å². The minimum absolute atomic E-state index is 0.0257. The predicted octanol–water partition coefficient (Wildman–Crippen LogP) is 4.78. The fourth-order valence-corrected chi connectivity index (χ4v) is 2.93. The Kier molecular flexibility index (Phi) is 4.93. The van der Waals surface area contributed by atoms with Gasteiger partial charge >= 0.3 is 0 Å². The maximum atomic E-state index is 12.1. The molecule has 0 bridgehead atoms. The third-order valence-electron chi connectivity index (χ3n) is 3.16. The molecular weight excluding hydrogens is 376 g/mol. The van der Waals surface area contributed by atoms with E-state index in [4.69, 9.17) is 4.42 Å². The summed E-state index contributed by atoms with van der Waals surface area (Å²) in [6.07, 6.45) is 0. The summed E-state index contributed by atoms with van der Waals surface area (Å²) in [5.41, 5.74) is 2.67. The lowest BCUT2D eigenvalue weighted by atomic mass is 10.1. The Bertz CT molecular complexity index is 831. The first kappa shape index (κ1) is 16.0. The van der Waals surface area contributed by atoms with Gasteiger partial charge < -0.3 is 4.42 Å². The Hall–Kier alpha value is -1.92. The molecule has 0 spiro atoms. The molecule has 1 aromatic heterocycles. The lowest BCUT2D eigenvalue weighted by molar-refractivity contribution is 0.102. The first-order valence-electron chi connectivity index (χ1n) is 6.94. The second-order valence-corrected chi connectivity index (χ2v) is 6.80. The SMILES string of the molecule is Cc1cccc(-c2nnc(SCC(=O)c3ccc(Br)cc3)o2)c1. The number of ketones is 1. The fraction of sp³-hybridized carbons (Fsp3) is 0.118. The molecule has 0 aliphatic rings. The van der Waals surface area contributed by atoms with E-state index < -0.39 is 0 Å². The van der Waals surface area contributed by atoms with E-state index in [9.17, 15) is 4.79 Å². The van der Waals surface area contributed by atoms with Crippen molar-refractivity contribution >= 4 is 33.5 Å². The highest BCUT2D eigenvalue weighted by molar-refractivity contribution is 9.10. The van der Waals surface area contributed by atoms with Crippen LogP contribution in [-0.2, 0) is 0 Å². The van der Waals surface area contributed by atoms with E-state index in [-0.39, 0.29) is 11.5 Å². The average Bonchev–Trinajstić information content (AvgIpc) is 3.02. The van der Waals surface area contributed by atoms with Crippen molar-refractivity contribution in [2.75, 3.05) is 5.75 Å². The van der Waals surface area contributed by atoms with Gasteiger partial charge in [-0.1, -0.05) is 57.5 Å². The second kappa shape index (κ2) is 7.10. The van der Waals surface area contributed by atoms with Crippen LogP contribution in [-0.4, -0.2) is 21.7 Å². The zero-order valence-electron chi connectivity index (χ0n) is 12.3. The zero-order valence-corrected chi connectivity index (χ0v) is 14.7. The molecule has 0 N–H and O–H groups in total. The van der Waals surface area contributed by atoms with Crippen molar-refractivity contribution in [3.05, 3.63) is 64.1 Å². The molecule has 3 rings (SSSR count). The highest BCUT2D eigenvalue weighted by Crippen LogP contribution is 2.24. The van der Waals surface area contributed by atoms with Crippen LogP contribution in [0.2, 0.25) is 0 Å². The third kappa shape index (κ3) is 4.09. The van der Waals surface area contributed by atoms with Gasteiger partial charge in [0.2, 0.25) is 5.89 Å². The summed E-state index contributed by atoms with van der Waals surface area (Å²) < 4.78 is 6.56. The van der Waals surface area contributed by atoms with Crippen LogP contribution in [0.25, 0.3) is 11.5 Å². The summed E-state index contributed by atoms with van der Waals surface area (Å²) in [6.45, 7) is 2.01. The van der Waals surface area contributed by atoms with Gasteiger partial charge in [0.05, 0.1) is 5.75 Å². The lowest BCUT2D eigenvalue weighted by Crippen LogP contribution is -2.01. The molecule has 0 amide bonds. The summed E-state index contributed by atoms with van der Waals surface area (Å²) in [6, 6.07) is 15.1. The molecule has 0 unspecified atom stereocenters. The number of aromatic nitrogens is 2. The van der Waals surface area contributed by atoms with Crippen LogP contribution >= 0.6 is 27.7 Å². The van der Waals surface area contributed by atoms with Crippen molar-refractivity contribution in [3.8, 4) is 11.5 Å². The van der Waals surface area contributed by atoms with Crippen LogP contribution in [0.4, 0.5) is 0 Å². The summed E-state index contributed by atoms with van der Waals surface area (Å²) >= 11 is 4.60. The maximum Gasteiger partial charge on any atom is 0.277 e. The van der Waals surface area contributed by atoms with E-state index in [0.717, 1.165) is 15.6 Å². The quantitative estimate of drug-likeness (QED) is 0.464. The number of thioether (sulfide) groups is 1. The second-order valence-electron chi connectivity index (χ2n) is 4.96. The number of halogens is 1. The molecule has 6 heteroatoms. The number of rotatable bonds is 5. The van der Waals surface area contributed by atoms with Crippen LogP contribution in [0, 0.1) is 6.92 Å². The van der Waals surface area contributed by atoms with E-state index in [1.807, 2.05) is 43.3 Å². The Morgan fingerprint density at radius 3 is 2.70 bits per heavy atom. The van der Waals surface area contributed by atoms with Crippen LogP contribution in [0.1, 0.15) is 15.9 Å². The Morgan fingerprint density at radius 1 is 1.17 bits per heavy atom. The molecule has 0 saturated heterocycles. The minimum Gasteiger partial charge on any atom is -0.411 e. The van der Waals surface area contributed by atoms with Crippen molar-refractivity contribution in [1.82, 2.24) is 10.2 Å². The van der Waals surface area contributed by atoms with Crippen LogP contribution in [0.3, 0.4) is 0 Å². The third-order valence-corrected chi connectivity index (χ3v) is 4.51. The smallest absolute Gasteiger partial charge is 0.277 e. The van der Waals surface area contributed by atoms with Crippen molar-refractivity contribution in [3.63, 3.8) is 0 Å². The maximum absolute atomic E-state index is 12.1. The van der Waals surface area contributed by atoms with E-state index >= 15 is 0 Å². The van der Waals surface area contributed by atoms with Crippen LogP contribution < -0.4 is 0 Å². The highest BCUT2D eigenvalue weighted by Gasteiger charge is 2.12. The standard InChI is InChI=1S/C17H13BrN2O2S/c1-11-3-2-4-13(9-11)16-19-20-17(22-16)23-10-15(21)12-5-7-14(18)8-6-12/h2-9H,10H2,1H3. The number of Topliss-reactive ketones (excluding diaryl/α,β-unsaturated/α-hetero) is 1.